The van der Waals surface area contributed by atoms with Crippen LogP contribution in [0.15, 0.2) is 24.4 Å². The Hall–Kier alpha value is -2.05. The van der Waals surface area contributed by atoms with Gasteiger partial charge in [0.25, 0.3) is 0 Å². The monoisotopic (exact) mass is 288 g/mol. The van der Waals surface area contributed by atoms with Crippen LogP contribution in [0.4, 0.5) is 19.0 Å². The number of aliphatic carboxylic acids is 1. The van der Waals surface area contributed by atoms with E-state index in [9.17, 15) is 18.0 Å². The molecule has 0 saturated heterocycles. The zero-order valence-corrected chi connectivity index (χ0v) is 10.9. The summed E-state index contributed by atoms with van der Waals surface area (Å²) < 4.78 is 37.4. The smallest absolute Gasteiger partial charge is 0.405 e. The first-order valence-electron chi connectivity index (χ1n) is 6.00. The van der Waals surface area contributed by atoms with Gasteiger partial charge in [0, 0.05) is 18.8 Å². The summed E-state index contributed by atoms with van der Waals surface area (Å²) in [6, 6.07) is 2.98. The van der Waals surface area contributed by atoms with Crippen molar-refractivity contribution in [1.82, 2.24) is 4.98 Å². The average molecular weight is 288 g/mol. The Labute approximate surface area is 114 Å². The molecule has 0 saturated carbocycles. The Balaban J connectivity index is 2.85. The number of aromatic nitrogens is 1. The fraction of sp³-hybridized carbons (Fsp3) is 0.385. The molecule has 0 aliphatic rings. The van der Waals surface area contributed by atoms with Gasteiger partial charge in [0.05, 0.1) is 0 Å². The second-order valence-electron chi connectivity index (χ2n) is 4.16. The summed E-state index contributed by atoms with van der Waals surface area (Å²) in [5, 5.41) is 8.47. The summed E-state index contributed by atoms with van der Waals surface area (Å²) in [6.45, 7) is 0.975. The molecule has 0 aliphatic carbocycles. The van der Waals surface area contributed by atoms with Gasteiger partial charge in [-0.3, -0.25) is 0 Å². The number of hydrogen-bond donors (Lipinski definition) is 1. The summed E-state index contributed by atoms with van der Waals surface area (Å²) in [6.07, 6.45) is -0.117. The molecule has 0 radical (unpaired) electrons. The van der Waals surface area contributed by atoms with E-state index in [1.807, 2.05) is 0 Å². The highest BCUT2D eigenvalue weighted by atomic mass is 19.4. The van der Waals surface area contributed by atoms with Crippen LogP contribution in [0.5, 0.6) is 0 Å². The lowest BCUT2D eigenvalue weighted by Gasteiger charge is -2.24. The lowest BCUT2D eigenvalue weighted by molar-refractivity contribution is -0.131. The minimum absolute atomic E-state index is 0.219. The maximum absolute atomic E-state index is 12.5. The molecule has 20 heavy (non-hydrogen) atoms. The van der Waals surface area contributed by atoms with E-state index in [1.54, 1.807) is 6.92 Å². The number of anilines is 1. The standard InChI is InChI=1S/C13H15F3N2O2/c1-2-7-18(9-13(14,15)16)11-5-3-10(8-17-11)4-6-12(19)20/h3-6,8H,2,7,9H2,1H3,(H,19,20)/b6-4+. The summed E-state index contributed by atoms with van der Waals surface area (Å²) in [5.74, 6) is -0.879. The summed E-state index contributed by atoms with van der Waals surface area (Å²) in [7, 11) is 0. The van der Waals surface area contributed by atoms with Crippen LogP contribution in [0.1, 0.15) is 18.9 Å². The van der Waals surface area contributed by atoms with Gasteiger partial charge in [-0.1, -0.05) is 6.92 Å². The Bertz CT molecular complexity index is 469. The van der Waals surface area contributed by atoms with Gasteiger partial charge in [-0.15, -0.1) is 0 Å². The fourth-order valence-electron chi connectivity index (χ4n) is 1.61. The van der Waals surface area contributed by atoms with Crippen molar-refractivity contribution in [2.45, 2.75) is 19.5 Å². The van der Waals surface area contributed by atoms with Crippen LogP contribution in [0.3, 0.4) is 0 Å². The number of rotatable bonds is 6. The number of carbonyl (C=O) groups is 1. The van der Waals surface area contributed by atoms with Gasteiger partial charge >= 0.3 is 12.1 Å². The average Bonchev–Trinajstić information content (AvgIpc) is 2.35. The maximum atomic E-state index is 12.5. The van der Waals surface area contributed by atoms with Crippen LogP contribution in [-0.2, 0) is 4.79 Å². The van der Waals surface area contributed by atoms with E-state index in [1.165, 1.54) is 24.4 Å². The number of carboxylic acids is 1. The Morgan fingerprint density at radius 2 is 2.15 bits per heavy atom. The molecule has 0 aliphatic heterocycles. The quantitative estimate of drug-likeness (QED) is 0.818. The van der Waals surface area contributed by atoms with E-state index in [0.717, 1.165) is 11.0 Å². The van der Waals surface area contributed by atoms with E-state index in [0.29, 0.717) is 12.0 Å². The lowest BCUT2D eigenvalue weighted by Crippen LogP contribution is -2.35. The van der Waals surface area contributed by atoms with Crippen molar-refractivity contribution in [2.24, 2.45) is 0 Å². The first-order chi connectivity index (χ1) is 9.31. The third kappa shape index (κ3) is 5.73. The predicted molar refractivity (Wildman–Crippen MR) is 69.5 cm³/mol. The number of pyridine rings is 1. The zero-order valence-electron chi connectivity index (χ0n) is 10.9. The third-order valence-corrected chi connectivity index (χ3v) is 2.38. The van der Waals surface area contributed by atoms with Crippen molar-refractivity contribution in [3.8, 4) is 0 Å². The number of halogens is 3. The SMILES string of the molecule is CCCN(CC(F)(F)F)c1ccc(/C=C/C(=O)O)cn1. The molecule has 0 fully saturated rings. The second-order valence-corrected chi connectivity index (χ2v) is 4.16. The topological polar surface area (TPSA) is 53.4 Å². The molecule has 0 bridgehead atoms. The molecule has 0 aromatic carbocycles. The summed E-state index contributed by atoms with van der Waals surface area (Å²) in [5.41, 5.74) is 0.514. The van der Waals surface area contributed by atoms with Crippen LogP contribution >= 0.6 is 0 Å². The molecule has 1 N–H and O–H groups in total. The molecule has 0 spiro atoms. The van der Waals surface area contributed by atoms with Gasteiger partial charge in [0.1, 0.15) is 12.4 Å². The van der Waals surface area contributed by atoms with Crippen molar-refractivity contribution >= 4 is 17.9 Å². The molecule has 110 valence electrons. The molecule has 0 atom stereocenters. The number of carboxylic acid groups (broad SMARTS) is 1. The molecule has 1 aromatic rings. The minimum atomic E-state index is -4.29. The Morgan fingerprint density at radius 3 is 2.60 bits per heavy atom. The maximum Gasteiger partial charge on any atom is 0.405 e. The second kappa shape index (κ2) is 6.93. The minimum Gasteiger partial charge on any atom is -0.478 e. The van der Waals surface area contributed by atoms with Crippen molar-refractivity contribution in [3.63, 3.8) is 0 Å². The van der Waals surface area contributed by atoms with Crippen LogP contribution in [0.25, 0.3) is 6.08 Å². The molecule has 7 heteroatoms. The predicted octanol–water partition coefficient (Wildman–Crippen LogP) is 2.96. The molecule has 1 rings (SSSR count). The highest BCUT2D eigenvalue weighted by Crippen LogP contribution is 2.21. The molecule has 1 heterocycles. The van der Waals surface area contributed by atoms with E-state index < -0.39 is 18.7 Å². The van der Waals surface area contributed by atoms with E-state index >= 15 is 0 Å². The normalized spacial score (nSPS) is 11.8. The van der Waals surface area contributed by atoms with Crippen LogP contribution < -0.4 is 4.90 Å². The van der Waals surface area contributed by atoms with Gasteiger partial charge in [0.2, 0.25) is 0 Å². The van der Waals surface area contributed by atoms with Crippen LogP contribution in [0, 0.1) is 0 Å². The third-order valence-electron chi connectivity index (χ3n) is 2.38. The Morgan fingerprint density at radius 1 is 1.45 bits per heavy atom. The molecule has 0 amide bonds. The van der Waals surface area contributed by atoms with Gasteiger partial charge < -0.3 is 10.0 Å². The van der Waals surface area contributed by atoms with E-state index in [4.69, 9.17) is 5.11 Å². The first-order valence-corrected chi connectivity index (χ1v) is 6.00. The highest BCUT2D eigenvalue weighted by molar-refractivity contribution is 5.85. The molecular formula is C13H15F3N2O2. The molecule has 1 aromatic heterocycles. The zero-order chi connectivity index (χ0) is 15.2. The summed E-state index contributed by atoms with van der Waals surface area (Å²) in [4.78, 5) is 15.4. The Kier molecular flexibility index (Phi) is 5.54. The fourth-order valence-corrected chi connectivity index (χ4v) is 1.61. The van der Waals surface area contributed by atoms with Gasteiger partial charge in [-0.25, -0.2) is 9.78 Å². The van der Waals surface area contributed by atoms with Gasteiger partial charge in [-0.2, -0.15) is 13.2 Å². The van der Waals surface area contributed by atoms with Crippen LogP contribution in [-0.4, -0.2) is 35.3 Å². The van der Waals surface area contributed by atoms with Gasteiger partial charge in [0.15, 0.2) is 0 Å². The van der Waals surface area contributed by atoms with Crippen molar-refractivity contribution in [3.05, 3.63) is 30.0 Å². The molecular weight excluding hydrogens is 273 g/mol. The summed E-state index contributed by atoms with van der Waals surface area (Å²) >= 11 is 0. The molecule has 0 unspecified atom stereocenters. The highest BCUT2D eigenvalue weighted by Gasteiger charge is 2.30. The van der Waals surface area contributed by atoms with E-state index in [-0.39, 0.29) is 12.4 Å². The van der Waals surface area contributed by atoms with Crippen molar-refractivity contribution < 1.29 is 23.1 Å². The van der Waals surface area contributed by atoms with Crippen molar-refractivity contribution in [1.29, 1.82) is 0 Å². The first kappa shape index (κ1) is 16.0. The van der Waals surface area contributed by atoms with E-state index in [2.05, 4.69) is 4.98 Å². The lowest BCUT2D eigenvalue weighted by atomic mass is 10.2. The number of nitrogens with zero attached hydrogens (tertiary/aromatic N) is 2. The largest absolute Gasteiger partial charge is 0.478 e. The van der Waals surface area contributed by atoms with Crippen molar-refractivity contribution in [2.75, 3.05) is 18.0 Å². The number of alkyl halides is 3. The van der Waals surface area contributed by atoms with Gasteiger partial charge in [-0.05, 0) is 30.2 Å². The molecule has 4 nitrogen and oxygen atoms in total. The van der Waals surface area contributed by atoms with Crippen LogP contribution in [0.2, 0.25) is 0 Å². The number of hydrogen-bond acceptors (Lipinski definition) is 3.